The minimum Gasteiger partial charge on any atom is -0.351 e. The molecule has 1 unspecified atom stereocenters. The molecule has 1 aromatic carbocycles. The smallest absolute Gasteiger partial charge is 0.222 e. The number of aryl methyl sites for hydroxylation is 1. The lowest BCUT2D eigenvalue weighted by molar-refractivity contribution is 0.761. The molecule has 1 heterocycles. The van der Waals surface area contributed by atoms with Gasteiger partial charge in [-0.05, 0) is 30.9 Å². The van der Waals surface area contributed by atoms with Crippen LogP contribution < -0.4 is 5.32 Å². The predicted octanol–water partition coefficient (Wildman–Crippen LogP) is 2.16. The average molecular weight is 224 g/mol. The quantitative estimate of drug-likeness (QED) is 0.849. The molecule has 2 aromatic rings. The summed E-state index contributed by atoms with van der Waals surface area (Å²) in [6.45, 7) is 2.14. The van der Waals surface area contributed by atoms with Gasteiger partial charge in [0.25, 0.3) is 0 Å². The van der Waals surface area contributed by atoms with Crippen LogP contribution in [0, 0.1) is 13.0 Å². The third kappa shape index (κ3) is 2.13. The van der Waals surface area contributed by atoms with Crippen LogP contribution in [0.4, 0.5) is 5.95 Å². The van der Waals surface area contributed by atoms with E-state index in [1.165, 1.54) is 16.7 Å². The monoisotopic (exact) mass is 224 g/mol. The number of aromatic nitrogens is 2. The third-order valence-electron chi connectivity index (χ3n) is 3.15. The maximum absolute atomic E-state index is 4.14. The molecule has 0 saturated carbocycles. The number of benzene rings is 1. The van der Waals surface area contributed by atoms with Crippen LogP contribution in [0.1, 0.15) is 16.7 Å². The van der Waals surface area contributed by atoms with Gasteiger partial charge in [-0.3, -0.25) is 0 Å². The normalized spacial score (nSPS) is 17.8. The number of fused-ring (bicyclic) bond motifs is 1. The largest absolute Gasteiger partial charge is 0.351 e. The lowest BCUT2D eigenvalue weighted by Crippen LogP contribution is -2.20. The minimum atomic E-state index is 0.411. The van der Waals surface area contributed by atoms with Crippen molar-refractivity contribution < 1.29 is 0 Å². The van der Waals surface area contributed by atoms with Gasteiger partial charge in [-0.25, -0.2) is 9.97 Å². The Labute approximate surface area is 101 Å². The molecule has 0 saturated heterocycles. The lowest BCUT2D eigenvalue weighted by Gasteiger charge is -2.10. The molecule has 85 valence electrons. The number of hydrogen-bond acceptors (Lipinski definition) is 3. The predicted molar refractivity (Wildman–Crippen MR) is 66.9 cm³/mol. The molecule has 3 rings (SSSR count). The van der Waals surface area contributed by atoms with Crippen molar-refractivity contribution in [2.45, 2.75) is 25.8 Å². The van der Waals surface area contributed by atoms with Gasteiger partial charge in [-0.1, -0.05) is 23.8 Å². The van der Waals surface area contributed by atoms with E-state index < -0.39 is 0 Å². The molecule has 1 radical (unpaired) electrons. The Morgan fingerprint density at radius 3 is 2.76 bits per heavy atom. The summed E-state index contributed by atoms with van der Waals surface area (Å²) >= 11 is 0. The highest BCUT2D eigenvalue weighted by molar-refractivity contribution is 5.40. The summed E-state index contributed by atoms with van der Waals surface area (Å²) in [4.78, 5) is 8.29. The summed E-state index contributed by atoms with van der Waals surface area (Å²) in [5.41, 5.74) is 4.22. The van der Waals surface area contributed by atoms with Gasteiger partial charge in [0.1, 0.15) is 0 Å². The Balaban J connectivity index is 1.74. The number of hydrogen-bond donors (Lipinski definition) is 1. The van der Waals surface area contributed by atoms with E-state index in [-0.39, 0.29) is 0 Å². The molecular formula is C14H14N3. The van der Waals surface area contributed by atoms with Crippen LogP contribution in [0.15, 0.2) is 30.6 Å². The number of nitrogens with one attached hydrogen (secondary N) is 1. The van der Waals surface area contributed by atoms with Crippen LogP contribution in [0.5, 0.6) is 0 Å². The Morgan fingerprint density at radius 2 is 1.94 bits per heavy atom. The number of nitrogens with zero attached hydrogens (tertiary/aromatic N) is 2. The zero-order chi connectivity index (χ0) is 11.7. The molecule has 0 spiro atoms. The van der Waals surface area contributed by atoms with Crippen LogP contribution in [-0.2, 0) is 12.8 Å². The number of anilines is 1. The van der Waals surface area contributed by atoms with Crippen molar-refractivity contribution in [2.75, 3.05) is 5.32 Å². The van der Waals surface area contributed by atoms with Gasteiger partial charge >= 0.3 is 0 Å². The minimum absolute atomic E-state index is 0.411. The van der Waals surface area contributed by atoms with E-state index in [0.717, 1.165) is 12.8 Å². The van der Waals surface area contributed by atoms with Crippen molar-refractivity contribution in [2.24, 2.45) is 0 Å². The third-order valence-corrected chi connectivity index (χ3v) is 3.15. The van der Waals surface area contributed by atoms with Crippen LogP contribution in [0.25, 0.3) is 0 Å². The molecule has 1 aliphatic carbocycles. The van der Waals surface area contributed by atoms with Gasteiger partial charge in [0, 0.05) is 24.5 Å². The Kier molecular flexibility index (Phi) is 2.52. The standard InChI is InChI=1S/C14H14N3/c1-10-3-4-11-8-13(9-12(11)7-10)17-14-15-5-2-6-16-14/h3-7,13H,8-9H2,1H3,(H,15,16,17). The maximum Gasteiger partial charge on any atom is 0.222 e. The second-order valence-electron chi connectivity index (χ2n) is 4.53. The van der Waals surface area contributed by atoms with Gasteiger partial charge < -0.3 is 5.32 Å². The highest BCUT2D eigenvalue weighted by Crippen LogP contribution is 2.24. The molecule has 1 aromatic heterocycles. The summed E-state index contributed by atoms with van der Waals surface area (Å²) in [6, 6.07) is 9.91. The van der Waals surface area contributed by atoms with Gasteiger partial charge in [0.05, 0.1) is 0 Å². The molecule has 3 heteroatoms. The first kappa shape index (κ1) is 10.3. The topological polar surface area (TPSA) is 37.8 Å². The van der Waals surface area contributed by atoms with Crippen molar-refractivity contribution in [3.05, 3.63) is 53.3 Å². The SMILES string of the molecule is Cc1ccc2c(c1)CC(Nc1nc[c]cn1)C2. The van der Waals surface area contributed by atoms with E-state index in [1.807, 2.05) is 0 Å². The van der Waals surface area contributed by atoms with E-state index in [1.54, 1.807) is 12.4 Å². The Morgan fingerprint density at radius 1 is 1.18 bits per heavy atom. The first-order valence-electron chi connectivity index (χ1n) is 5.84. The summed E-state index contributed by atoms with van der Waals surface area (Å²) in [5.74, 6) is 0.693. The molecule has 1 N–H and O–H groups in total. The molecule has 1 aliphatic rings. The second-order valence-corrected chi connectivity index (χ2v) is 4.53. The van der Waals surface area contributed by atoms with Crippen molar-refractivity contribution in [1.29, 1.82) is 0 Å². The highest BCUT2D eigenvalue weighted by atomic mass is 15.1. The maximum atomic E-state index is 4.14. The van der Waals surface area contributed by atoms with Crippen LogP contribution in [0.3, 0.4) is 0 Å². The van der Waals surface area contributed by atoms with Crippen molar-refractivity contribution in [3.8, 4) is 0 Å². The number of rotatable bonds is 2. The van der Waals surface area contributed by atoms with E-state index in [2.05, 4.69) is 46.5 Å². The van der Waals surface area contributed by atoms with E-state index >= 15 is 0 Å². The van der Waals surface area contributed by atoms with E-state index in [0.29, 0.717) is 12.0 Å². The highest BCUT2D eigenvalue weighted by Gasteiger charge is 2.21. The van der Waals surface area contributed by atoms with Crippen molar-refractivity contribution >= 4 is 5.95 Å². The fourth-order valence-corrected chi connectivity index (χ4v) is 2.37. The molecule has 17 heavy (non-hydrogen) atoms. The molecular weight excluding hydrogens is 210 g/mol. The van der Waals surface area contributed by atoms with Crippen LogP contribution in [-0.4, -0.2) is 16.0 Å². The van der Waals surface area contributed by atoms with Gasteiger partial charge in [0.2, 0.25) is 5.95 Å². The lowest BCUT2D eigenvalue weighted by atomic mass is 10.1. The van der Waals surface area contributed by atoms with Crippen LogP contribution in [0.2, 0.25) is 0 Å². The molecule has 0 bridgehead atoms. The fourth-order valence-electron chi connectivity index (χ4n) is 2.37. The zero-order valence-corrected chi connectivity index (χ0v) is 9.77. The van der Waals surface area contributed by atoms with Crippen molar-refractivity contribution in [1.82, 2.24) is 9.97 Å². The zero-order valence-electron chi connectivity index (χ0n) is 9.77. The van der Waals surface area contributed by atoms with Gasteiger partial charge in [-0.2, -0.15) is 0 Å². The first-order valence-corrected chi connectivity index (χ1v) is 5.84. The van der Waals surface area contributed by atoms with Crippen LogP contribution >= 0.6 is 0 Å². The average Bonchev–Trinajstić information content (AvgIpc) is 2.71. The fraction of sp³-hybridized carbons (Fsp3) is 0.286. The summed E-state index contributed by atoms with van der Waals surface area (Å²) in [7, 11) is 0. The Bertz CT molecular complexity index is 522. The van der Waals surface area contributed by atoms with E-state index in [9.17, 15) is 0 Å². The molecule has 0 amide bonds. The molecule has 0 aliphatic heterocycles. The van der Waals surface area contributed by atoms with Gasteiger partial charge in [0.15, 0.2) is 0 Å². The summed E-state index contributed by atoms with van der Waals surface area (Å²) in [6.07, 6.45) is 5.39. The Hall–Kier alpha value is -1.90. The molecule has 0 fully saturated rings. The second kappa shape index (κ2) is 4.17. The summed E-state index contributed by atoms with van der Waals surface area (Å²) in [5, 5.41) is 3.37. The first-order chi connectivity index (χ1) is 8.31. The molecule has 1 atom stereocenters. The van der Waals surface area contributed by atoms with Crippen molar-refractivity contribution in [3.63, 3.8) is 0 Å². The van der Waals surface area contributed by atoms with E-state index in [4.69, 9.17) is 0 Å². The summed E-state index contributed by atoms with van der Waals surface area (Å²) < 4.78 is 0. The molecule has 3 nitrogen and oxygen atoms in total. The van der Waals surface area contributed by atoms with Gasteiger partial charge in [-0.15, -0.1) is 0 Å².